The number of hydrogen-bond donors (Lipinski definition) is 0. The van der Waals surface area contributed by atoms with Crippen molar-refractivity contribution >= 4 is 34.3 Å². The van der Waals surface area contributed by atoms with Gasteiger partial charge in [0.2, 0.25) is 11.7 Å². The lowest BCUT2D eigenvalue weighted by Gasteiger charge is -2.13. The molecular formula is C23H23ClN4O3S. The van der Waals surface area contributed by atoms with Gasteiger partial charge in [-0.3, -0.25) is 9.36 Å². The molecule has 0 spiro atoms. The van der Waals surface area contributed by atoms with Gasteiger partial charge in [0.15, 0.2) is 5.16 Å². The Kier molecular flexibility index (Phi) is 6.81. The summed E-state index contributed by atoms with van der Waals surface area (Å²) >= 11 is 7.51. The van der Waals surface area contributed by atoms with Gasteiger partial charge in [-0.2, -0.15) is 4.98 Å². The summed E-state index contributed by atoms with van der Waals surface area (Å²) in [6.45, 7) is 4.84. The minimum atomic E-state index is -0.0740. The second-order valence-electron chi connectivity index (χ2n) is 7.70. The molecule has 32 heavy (non-hydrogen) atoms. The van der Waals surface area contributed by atoms with Gasteiger partial charge in [-0.05, 0) is 42.7 Å². The molecule has 0 saturated heterocycles. The summed E-state index contributed by atoms with van der Waals surface area (Å²) in [5.74, 6) is 2.39. The highest BCUT2D eigenvalue weighted by atomic mass is 35.5. The summed E-state index contributed by atoms with van der Waals surface area (Å²) in [5, 5.41) is 5.78. The third kappa shape index (κ3) is 4.81. The largest absolute Gasteiger partial charge is 0.496 e. The van der Waals surface area contributed by atoms with Crippen molar-refractivity contribution in [1.29, 1.82) is 0 Å². The monoisotopic (exact) mass is 470 g/mol. The molecule has 0 aliphatic rings. The predicted molar refractivity (Wildman–Crippen MR) is 126 cm³/mol. The molecule has 2 aromatic carbocycles. The van der Waals surface area contributed by atoms with E-state index in [1.807, 2.05) is 24.3 Å². The van der Waals surface area contributed by atoms with Crippen molar-refractivity contribution in [2.45, 2.75) is 37.7 Å². The van der Waals surface area contributed by atoms with Crippen molar-refractivity contribution < 1.29 is 9.26 Å². The molecule has 0 atom stereocenters. The van der Waals surface area contributed by atoms with Crippen LogP contribution in [0.5, 0.6) is 5.75 Å². The molecule has 0 fully saturated rings. The molecule has 0 aliphatic carbocycles. The smallest absolute Gasteiger partial charge is 0.262 e. The molecule has 7 nitrogen and oxygen atoms in total. The molecule has 0 N–H and O–H groups in total. The molecular weight excluding hydrogens is 448 g/mol. The number of hydrogen-bond acceptors (Lipinski definition) is 7. The van der Waals surface area contributed by atoms with Crippen molar-refractivity contribution in [1.82, 2.24) is 19.7 Å². The van der Waals surface area contributed by atoms with Gasteiger partial charge in [-0.25, -0.2) is 4.98 Å². The Bertz CT molecular complexity index is 1300. The Morgan fingerprint density at radius 1 is 1.19 bits per heavy atom. The van der Waals surface area contributed by atoms with Crippen molar-refractivity contribution in [2.75, 3.05) is 7.11 Å². The first-order valence-electron chi connectivity index (χ1n) is 10.2. The Balaban J connectivity index is 1.63. The van der Waals surface area contributed by atoms with Crippen LogP contribution < -0.4 is 10.3 Å². The lowest BCUT2D eigenvalue weighted by atomic mass is 10.1. The van der Waals surface area contributed by atoms with Crippen LogP contribution in [-0.4, -0.2) is 26.8 Å². The van der Waals surface area contributed by atoms with Crippen molar-refractivity contribution in [3.8, 4) is 17.1 Å². The van der Waals surface area contributed by atoms with E-state index in [0.29, 0.717) is 56.8 Å². The Labute approximate surface area is 194 Å². The molecule has 2 heterocycles. The minimum absolute atomic E-state index is 0.0740. The fourth-order valence-corrected chi connectivity index (χ4v) is 4.28. The first kappa shape index (κ1) is 22.4. The normalized spacial score (nSPS) is 11.4. The van der Waals surface area contributed by atoms with Crippen LogP contribution in [0.25, 0.3) is 22.3 Å². The van der Waals surface area contributed by atoms with E-state index in [0.717, 1.165) is 12.0 Å². The second-order valence-corrected chi connectivity index (χ2v) is 9.07. The summed E-state index contributed by atoms with van der Waals surface area (Å²) in [5.41, 5.74) is 1.25. The summed E-state index contributed by atoms with van der Waals surface area (Å²) in [6.07, 6.45) is 0.868. The van der Waals surface area contributed by atoms with E-state index in [-0.39, 0.29) is 5.56 Å². The molecule has 0 amide bonds. The van der Waals surface area contributed by atoms with Crippen LogP contribution in [0.4, 0.5) is 0 Å². The van der Waals surface area contributed by atoms with Crippen LogP contribution in [-0.2, 0) is 12.3 Å². The quantitative estimate of drug-likeness (QED) is 0.250. The van der Waals surface area contributed by atoms with E-state index in [1.54, 1.807) is 29.9 Å². The van der Waals surface area contributed by atoms with Gasteiger partial charge in [0.05, 0.1) is 29.3 Å². The number of halogens is 1. The first-order valence-corrected chi connectivity index (χ1v) is 11.6. The number of ether oxygens (including phenoxy) is 1. The molecule has 0 unspecified atom stereocenters. The van der Waals surface area contributed by atoms with Crippen LogP contribution in [0.15, 0.2) is 56.9 Å². The molecule has 0 bridgehead atoms. The molecule has 4 rings (SSSR count). The SMILES string of the molecule is COc1ccccc1-c1noc(CSc2nc3cc(Cl)ccc3c(=O)n2CCC(C)C)n1. The maximum absolute atomic E-state index is 13.1. The third-order valence-corrected chi connectivity index (χ3v) is 6.15. The number of fused-ring (bicyclic) bond motifs is 1. The summed E-state index contributed by atoms with van der Waals surface area (Å²) in [7, 11) is 1.60. The minimum Gasteiger partial charge on any atom is -0.496 e. The molecule has 0 aliphatic heterocycles. The van der Waals surface area contributed by atoms with Crippen LogP contribution in [0.3, 0.4) is 0 Å². The third-order valence-electron chi connectivity index (χ3n) is 4.95. The maximum atomic E-state index is 13.1. The fraction of sp³-hybridized carbons (Fsp3) is 0.304. The average Bonchev–Trinajstić information content (AvgIpc) is 3.25. The summed E-state index contributed by atoms with van der Waals surface area (Å²) < 4.78 is 12.5. The fourth-order valence-electron chi connectivity index (χ4n) is 3.25. The van der Waals surface area contributed by atoms with Crippen LogP contribution in [0, 0.1) is 5.92 Å². The van der Waals surface area contributed by atoms with Gasteiger partial charge in [0.25, 0.3) is 5.56 Å². The van der Waals surface area contributed by atoms with Crippen LogP contribution in [0.1, 0.15) is 26.2 Å². The van der Waals surface area contributed by atoms with Crippen LogP contribution >= 0.6 is 23.4 Å². The Morgan fingerprint density at radius 2 is 2.00 bits per heavy atom. The van der Waals surface area contributed by atoms with Crippen LogP contribution in [0.2, 0.25) is 5.02 Å². The highest BCUT2D eigenvalue weighted by Gasteiger charge is 2.16. The van der Waals surface area contributed by atoms with E-state index in [2.05, 4.69) is 24.0 Å². The number of para-hydroxylation sites is 1. The number of aromatic nitrogens is 4. The standard InChI is InChI=1S/C23H23ClN4O3S/c1-14(2)10-11-28-22(29)16-9-8-15(24)12-18(16)25-23(28)32-13-20-26-21(27-31-20)17-6-4-5-7-19(17)30-3/h4-9,12,14H,10-11,13H2,1-3H3. The van der Waals surface area contributed by atoms with E-state index in [1.165, 1.54) is 11.8 Å². The zero-order chi connectivity index (χ0) is 22.7. The average molecular weight is 471 g/mol. The topological polar surface area (TPSA) is 83.0 Å². The van der Waals surface area contributed by atoms with E-state index in [4.69, 9.17) is 25.8 Å². The second kappa shape index (κ2) is 9.75. The molecule has 9 heteroatoms. The Hall–Kier alpha value is -2.84. The maximum Gasteiger partial charge on any atom is 0.262 e. The number of nitrogens with zero attached hydrogens (tertiary/aromatic N) is 4. The van der Waals surface area contributed by atoms with Gasteiger partial charge in [-0.1, -0.05) is 54.5 Å². The molecule has 4 aromatic rings. The van der Waals surface area contributed by atoms with Crippen molar-refractivity contribution in [3.05, 3.63) is 63.7 Å². The van der Waals surface area contributed by atoms with Gasteiger partial charge in [0.1, 0.15) is 5.75 Å². The number of rotatable bonds is 8. The predicted octanol–water partition coefficient (Wildman–Crippen LogP) is 5.45. The van der Waals surface area contributed by atoms with E-state index in [9.17, 15) is 4.79 Å². The number of thioether (sulfide) groups is 1. The molecule has 0 saturated carbocycles. The highest BCUT2D eigenvalue weighted by molar-refractivity contribution is 7.98. The lowest BCUT2D eigenvalue weighted by molar-refractivity contribution is 0.390. The van der Waals surface area contributed by atoms with Gasteiger partial charge >= 0.3 is 0 Å². The van der Waals surface area contributed by atoms with E-state index >= 15 is 0 Å². The zero-order valence-electron chi connectivity index (χ0n) is 18.0. The van der Waals surface area contributed by atoms with Gasteiger partial charge in [-0.15, -0.1) is 0 Å². The zero-order valence-corrected chi connectivity index (χ0v) is 19.6. The van der Waals surface area contributed by atoms with Gasteiger partial charge in [0, 0.05) is 11.6 Å². The highest BCUT2D eigenvalue weighted by Crippen LogP contribution is 2.29. The Morgan fingerprint density at radius 3 is 2.78 bits per heavy atom. The summed E-state index contributed by atoms with van der Waals surface area (Å²) in [4.78, 5) is 22.4. The van der Waals surface area contributed by atoms with E-state index < -0.39 is 0 Å². The molecule has 0 radical (unpaired) electrons. The molecule has 166 valence electrons. The number of methoxy groups -OCH3 is 1. The summed E-state index contributed by atoms with van der Waals surface area (Å²) in [6, 6.07) is 12.6. The van der Waals surface area contributed by atoms with Crippen molar-refractivity contribution in [2.24, 2.45) is 5.92 Å². The first-order chi connectivity index (χ1) is 15.5. The number of benzene rings is 2. The van der Waals surface area contributed by atoms with Gasteiger partial charge < -0.3 is 9.26 Å². The lowest BCUT2D eigenvalue weighted by Crippen LogP contribution is -2.24. The van der Waals surface area contributed by atoms with Crippen molar-refractivity contribution in [3.63, 3.8) is 0 Å². The molecule has 2 aromatic heterocycles.